The van der Waals surface area contributed by atoms with Gasteiger partial charge in [0.15, 0.2) is 0 Å². The van der Waals surface area contributed by atoms with Crippen molar-refractivity contribution in [2.24, 2.45) is 0 Å². The lowest BCUT2D eigenvalue weighted by Gasteiger charge is -2.29. The summed E-state index contributed by atoms with van der Waals surface area (Å²) >= 11 is 0. The molecule has 0 unspecified atom stereocenters. The lowest BCUT2D eigenvalue weighted by molar-refractivity contribution is 0.122. The van der Waals surface area contributed by atoms with Gasteiger partial charge in [-0.05, 0) is 42.7 Å². The van der Waals surface area contributed by atoms with Crippen LogP contribution in [0.15, 0.2) is 59.5 Å². The Hall–Kier alpha value is -3.62. The summed E-state index contributed by atoms with van der Waals surface area (Å²) in [6, 6.07) is 15.7. The number of ether oxygens (including phenoxy) is 1. The fourth-order valence-electron chi connectivity index (χ4n) is 4.51. The second kappa shape index (κ2) is 9.70. The first-order valence-corrected chi connectivity index (χ1v) is 11.6. The predicted octanol–water partition coefficient (Wildman–Crippen LogP) is 3.08. The van der Waals surface area contributed by atoms with Crippen LogP contribution in [0.5, 0.6) is 0 Å². The van der Waals surface area contributed by atoms with Gasteiger partial charge in [0, 0.05) is 25.0 Å². The number of pyridine rings is 1. The molecule has 0 aliphatic carbocycles. The molecule has 1 aliphatic rings. The van der Waals surface area contributed by atoms with Crippen molar-refractivity contribution in [3.8, 4) is 11.4 Å². The minimum atomic E-state index is -0.248. The van der Waals surface area contributed by atoms with Crippen molar-refractivity contribution >= 4 is 22.4 Å². The third kappa shape index (κ3) is 4.55. The van der Waals surface area contributed by atoms with Gasteiger partial charge in [0.2, 0.25) is 0 Å². The van der Waals surface area contributed by atoms with Gasteiger partial charge in [0.1, 0.15) is 11.4 Å². The Morgan fingerprint density at radius 1 is 1.18 bits per heavy atom. The molecule has 0 radical (unpaired) electrons. The summed E-state index contributed by atoms with van der Waals surface area (Å²) in [6.07, 6.45) is 2.24. The molecule has 2 aromatic heterocycles. The first-order chi connectivity index (χ1) is 16.6. The molecule has 1 saturated heterocycles. The van der Waals surface area contributed by atoms with Gasteiger partial charge in [-0.25, -0.2) is 4.98 Å². The molecular weight excluding hydrogens is 430 g/mol. The molecule has 1 atom stereocenters. The Labute approximate surface area is 197 Å². The van der Waals surface area contributed by atoms with E-state index in [0.717, 1.165) is 54.2 Å². The van der Waals surface area contributed by atoms with Crippen molar-refractivity contribution in [3.05, 3.63) is 76.2 Å². The van der Waals surface area contributed by atoms with Gasteiger partial charge < -0.3 is 30.0 Å². The minimum absolute atomic E-state index is 0.0662. The second-order valence-corrected chi connectivity index (χ2v) is 8.65. The molecule has 2 aromatic carbocycles. The van der Waals surface area contributed by atoms with Gasteiger partial charge in [-0.15, -0.1) is 0 Å². The molecule has 3 heterocycles. The average molecular weight is 460 g/mol. The Kier molecular flexibility index (Phi) is 6.33. The highest BCUT2D eigenvalue weighted by molar-refractivity contribution is 5.87. The minimum Gasteiger partial charge on any atom is -0.394 e. The highest BCUT2D eigenvalue weighted by atomic mass is 16.5. The zero-order chi connectivity index (χ0) is 23.5. The third-order valence-electron chi connectivity index (χ3n) is 6.24. The topological polar surface area (TPSA) is 106 Å². The van der Waals surface area contributed by atoms with E-state index < -0.39 is 0 Å². The van der Waals surface area contributed by atoms with E-state index in [1.54, 1.807) is 6.20 Å². The van der Waals surface area contributed by atoms with Crippen molar-refractivity contribution in [1.82, 2.24) is 15.0 Å². The predicted molar refractivity (Wildman–Crippen MR) is 135 cm³/mol. The summed E-state index contributed by atoms with van der Waals surface area (Å²) < 4.78 is 5.48. The zero-order valence-corrected chi connectivity index (χ0v) is 19.2. The number of aliphatic hydroxyl groups excluding tert-OH is 1. The van der Waals surface area contributed by atoms with E-state index in [0.29, 0.717) is 23.5 Å². The average Bonchev–Trinajstić information content (AvgIpc) is 3.29. The van der Waals surface area contributed by atoms with Crippen LogP contribution in [0, 0.1) is 6.92 Å². The van der Waals surface area contributed by atoms with Crippen LogP contribution in [0.4, 0.5) is 11.4 Å². The number of aryl methyl sites for hydroxylation is 1. The maximum Gasteiger partial charge on any atom is 0.261 e. The number of aliphatic hydroxyl groups is 1. The fraction of sp³-hybridized carbons (Fsp3) is 0.308. The standard InChI is InChI=1S/C26H29N5O3/c1-17-13-20(31-9-11-34-12-10-31)15-22-24(17)30-25(29-22)23-21(7-8-27-26(23)33)28-19(16-32)14-18-5-3-2-4-6-18/h2-8,13,15,19,32H,9-12,14,16H2,1H3,(H,29,30)(H2,27,28,33)/t19-/m0/s1. The van der Waals surface area contributed by atoms with E-state index in [1.165, 1.54) is 0 Å². The van der Waals surface area contributed by atoms with Crippen LogP contribution in [0.2, 0.25) is 0 Å². The molecule has 8 heteroatoms. The number of aromatic nitrogens is 3. The molecule has 1 fully saturated rings. The number of hydrogen-bond donors (Lipinski definition) is 4. The molecule has 0 spiro atoms. The number of morpholine rings is 1. The maximum atomic E-state index is 12.9. The maximum absolute atomic E-state index is 12.9. The van der Waals surface area contributed by atoms with Gasteiger partial charge in [-0.1, -0.05) is 30.3 Å². The van der Waals surface area contributed by atoms with E-state index in [-0.39, 0.29) is 18.2 Å². The van der Waals surface area contributed by atoms with E-state index in [1.807, 2.05) is 43.3 Å². The van der Waals surface area contributed by atoms with Crippen LogP contribution in [0.25, 0.3) is 22.4 Å². The number of fused-ring (bicyclic) bond motifs is 1. The summed E-state index contributed by atoms with van der Waals surface area (Å²) in [4.78, 5) is 26.1. The van der Waals surface area contributed by atoms with Gasteiger partial charge in [0.25, 0.3) is 5.56 Å². The fourth-order valence-corrected chi connectivity index (χ4v) is 4.51. The Balaban J connectivity index is 1.49. The molecule has 5 rings (SSSR count). The smallest absolute Gasteiger partial charge is 0.261 e. The summed E-state index contributed by atoms with van der Waals surface area (Å²) in [5, 5.41) is 13.4. The highest BCUT2D eigenvalue weighted by Gasteiger charge is 2.19. The Morgan fingerprint density at radius 3 is 2.74 bits per heavy atom. The van der Waals surface area contributed by atoms with Crippen LogP contribution in [0.3, 0.4) is 0 Å². The molecule has 0 amide bonds. The number of benzene rings is 2. The molecule has 4 N–H and O–H groups in total. The molecule has 176 valence electrons. The second-order valence-electron chi connectivity index (χ2n) is 8.65. The van der Waals surface area contributed by atoms with E-state index in [9.17, 15) is 9.90 Å². The lowest BCUT2D eigenvalue weighted by atomic mass is 10.1. The van der Waals surface area contributed by atoms with Crippen LogP contribution in [-0.4, -0.2) is 59.0 Å². The monoisotopic (exact) mass is 459 g/mol. The SMILES string of the molecule is Cc1cc(N2CCOCC2)cc2[nH]c(-c3c(N[C@H](CO)Cc4ccccc4)cc[nH]c3=O)nc12. The van der Waals surface area contributed by atoms with E-state index in [2.05, 4.69) is 32.3 Å². The molecule has 34 heavy (non-hydrogen) atoms. The van der Waals surface area contributed by atoms with Crippen LogP contribution in [0.1, 0.15) is 11.1 Å². The normalized spacial score (nSPS) is 14.9. The molecule has 0 bridgehead atoms. The number of aromatic amines is 2. The number of anilines is 2. The van der Waals surface area contributed by atoms with Gasteiger partial charge in [-0.3, -0.25) is 4.79 Å². The summed E-state index contributed by atoms with van der Waals surface area (Å²) in [6.45, 7) is 5.10. The van der Waals surface area contributed by atoms with Gasteiger partial charge >= 0.3 is 0 Å². The first kappa shape index (κ1) is 22.2. The van der Waals surface area contributed by atoms with Gasteiger partial charge in [-0.2, -0.15) is 0 Å². The summed E-state index contributed by atoms with van der Waals surface area (Å²) in [7, 11) is 0. The molecular formula is C26H29N5O3. The number of nitrogens with zero attached hydrogens (tertiary/aromatic N) is 2. The molecule has 0 saturated carbocycles. The largest absolute Gasteiger partial charge is 0.394 e. The first-order valence-electron chi connectivity index (χ1n) is 11.6. The number of rotatable bonds is 7. The zero-order valence-electron chi connectivity index (χ0n) is 19.2. The summed E-state index contributed by atoms with van der Waals surface area (Å²) in [5.41, 5.74) is 5.80. The van der Waals surface area contributed by atoms with Crippen LogP contribution >= 0.6 is 0 Å². The van der Waals surface area contributed by atoms with Crippen LogP contribution < -0.4 is 15.8 Å². The van der Waals surface area contributed by atoms with E-state index >= 15 is 0 Å². The molecule has 1 aliphatic heterocycles. The molecule has 4 aromatic rings. The van der Waals surface area contributed by atoms with Crippen molar-refractivity contribution in [1.29, 1.82) is 0 Å². The van der Waals surface area contributed by atoms with Crippen LogP contribution in [-0.2, 0) is 11.2 Å². The Morgan fingerprint density at radius 2 is 1.97 bits per heavy atom. The van der Waals surface area contributed by atoms with Crippen molar-refractivity contribution in [2.45, 2.75) is 19.4 Å². The van der Waals surface area contributed by atoms with Crippen molar-refractivity contribution in [3.63, 3.8) is 0 Å². The lowest BCUT2D eigenvalue weighted by Crippen LogP contribution is -2.36. The summed E-state index contributed by atoms with van der Waals surface area (Å²) in [5.74, 6) is 0.498. The van der Waals surface area contributed by atoms with Gasteiger partial charge in [0.05, 0.1) is 42.6 Å². The van der Waals surface area contributed by atoms with Crippen molar-refractivity contribution < 1.29 is 9.84 Å². The number of nitrogens with one attached hydrogen (secondary N) is 3. The number of H-pyrrole nitrogens is 2. The van der Waals surface area contributed by atoms with E-state index in [4.69, 9.17) is 9.72 Å². The number of hydrogen-bond acceptors (Lipinski definition) is 6. The third-order valence-corrected chi connectivity index (χ3v) is 6.24. The molecule has 8 nitrogen and oxygen atoms in total. The Bertz CT molecular complexity index is 1330. The number of imidazole rings is 1. The van der Waals surface area contributed by atoms with Crippen molar-refractivity contribution in [2.75, 3.05) is 43.1 Å². The quantitative estimate of drug-likeness (QED) is 0.338. The highest BCUT2D eigenvalue weighted by Crippen LogP contribution is 2.29.